The summed E-state index contributed by atoms with van der Waals surface area (Å²) in [5.74, 6) is 0.994. The van der Waals surface area contributed by atoms with E-state index >= 15 is 0 Å². The molecule has 0 unspecified atom stereocenters. The second kappa shape index (κ2) is 7.68. The topological polar surface area (TPSA) is 56.6 Å². The number of amides is 1. The first kappa shape index (κ1) is 20.1. The molecular formula is C25H29N3O3. The van der Waals surface area contributed by atoms with Crippen LogP contribution in [0.15, 0.2) is 48.7 Å². The van der Waals surface area contributed by atoms with Crippen molar-refractivity contribution in [2.75, 3.05) is 13.1 Å². The Labute approximate surface area is 182 Å². The molecule has 0 saturated carbocycles. The van der Waals surface area contributed by atoms with Gasteiger partial charge in [0.1, 0.15) is 11.4 Å². The van der Waals surface area contributed by atoms with Crippen molar-refractivity contribution in [3.8, 4) is 5.75 Å². The van der Waals surface area contributed by atoms with Crippen molar-refractivity contribution < 1.29 is 14.3 Å². The van der Waals surface area contributed by atoms with Gasteiger partial charge in [-0.05, 0) is 38.1 Å². The van der Waals surface area contributed by atoms with Gasteiger partial charge in [-0.25, -0.2) is 0 Å². The molecule has 3 aromatic rings. The number of benzene rings is 2. The summed E-state index contributed by atoms with van der Waals surface area (Å²) >= 11 is 0. The third-order valence-electron chi connectivity index (χ3n) is 6.54. The highest BCUT2D eigenvalue weighted by atomic mass is 16.5. The van der Waals surface area contributed by atoms with Crippen LogP contribution in [0.1, 0.15) is 55.1 Å². The number of carbonyl (C=O) groups excluding carboxylic acids is 1. The van der Waals surface area contributed by atoms with Crippen molar-refractivity contribution in [1.29, 1.82) is 0 Å². The quantitative estimate of drug-likeness (QED) is 0.627. The number of nitrogens with zero attached hydrogens (tertiary/aromatic N) is 3. The fraction of sp³-hybridized carbons (Fsp3) is 0.440. The summed E-state index contributed by atoms with van der Waals surface area (Å²) in [6, 6.07) is 14.0. The van der Waals surface area contributed by atoms with Crippen molar-refractivity contribution in [2.24, 2.45) is 7.05 Å². The number of ether oxygens (including phenoxy) is 2. The van der Waals surface area contributed by atoms with Gasteiger partial charge in [-0.1, -0.05) is 18.2 Å². The number of likely N-dealkylation sites (tertiary alicyclic amines) is 1. The first-order valence-corrected chi connectivity index (χ1v) is 11.1. The normalized spacial score (nSPS) is 20.1. The molecule has 1 spiro atoms. The molecule has 2 aliphatic heterocycles. The Balaban J connectivity index is 1.32. The Kier molecular flexibility index (Phi) is 4.97. The molecule has 1 amide bonds. The van der Waals surface area contributed by atoms with Crippen LogP contribution < -0.4 is 4.74 Å². The van der Waals surface area contributed by atoms with Crippen molar-refractivity contribution in [3.05, 3.63) is 59.8 Å². The summed E-state index contributed by atoms with van der Waals surface area (Å²) in [7, 11) is 1.91. The number of carbonyl (C=O) groups is 1. The van der Waals surface area contributed by atoms with Crippen molar-refractivity contribution in [3.63, 3.8) is 0 Å². The molecule has 1 fully saturated rings. The zero-order valence-corrected chi connectivity index (χ0v) is 18.4. The van der Waals surface area contributed by atoms with Crippen LogP contribution >= 0.6 is 0 Å². The van der Waals surface area contributed by atoms with Crippen molar-refractivity contribution in [2.45, 2.75) is 50.9 Å². The van der Waals surface area contributed by atoms with E-state index < -0.39 is 0 Å². The number of hydrogen-bond acceptors (Lipinski definition) is 4. The van der Waals surface area contributed by atoms with Crippen LogP contribution in [-0.4, -0.2) is 45.4 Å². The van der Waals surface area contributed by atoms with Gasteiger partial charge < -0.3 is 14.4 Å². The minimum Gasteiger partial charge on any atom is -0.487 e. The summed E-state index contributed by atoms with van der Waals surface area (Å²) in [6.07, 6.45) is 4.42. The smallest absolute Gasteiger partial charge is 0.253 e. The fourth-order valence-corrected chi connectivity index (χ4v) is 4.91. The molecule has 3 heterocycles. The predicted molar refractivity (Wildman–Crippen MR) is 119 cm³/mol. The molecule has 5 rings (SSSR count). The number of para-hydroxylation sites is 1. The monoisotopic (exact) mass is 419 g/mol. The Morgan fingerprint density at radius 3 is 2.74 bits per heavy atom. The van der Waals surface area contributed by atoms with Crippen molar-refractivity contribution >= 4 is 16.8 Å². The van der Waals surface area contributed by atoms with E-state index in [1.54, 1.807) is 6.20 Å². The van der Waals surface area contributed by atoms with Crippen LogP contribution in [0.4, 0.5) is 0 Å². The molecule has 0 radical (unpaired) electrons. The highest BCUT2D eigenvalue weighted by Gasteiger charge is 2.44. The van der Waals surface area contributed by atoms with Gasteiger partial charge in [0.25, 0.3) is 5.91 Å². The van der Waals surface area contributed by atoms with Crippen LogP contribution in [0, 0.1) is 0 Å². The van der Waals surface area contributed by atoms with E-state index in [1.165, 1.54) is 0 Å². The second-order valence-electron chi connectivity index (χ2n) is 9.03. The van der Waals surface area contributed by atoms with E-state index in [4.69, 9.17) is 9.47 Å². The molecule has 6 heteroatoms. The van der Waals surface area contributed by atoms with E-state index in [-0.39, 0.29) is 23.7 Å². The molecule has 162 valence electrons. The van der Waals surface area contributed by atoms with Crippen LogP contribution in [-0.2, 0) is 11.8 Å². The maximum Gasteiger partial charge on any atom is 0.253 e. The van der Waals surface area contributed by atoms with E-state index in [0.717, 1.165) is 41.5 Å². The lowest BCUT2D eigenvalue weighted by Crippen LogP contribution is -2.52. The number of hydrogen-bond donors (Lipinski definition) is 0. The van der Waals surface area contributed by atoms with Gasteiger partial charge in [-0.2, -0.15) is 5.10 Å². The number of aryl methyl sites for hydroxylation is 1. The minimum atomic E-state index is -0.280. The van der Waals surface area contributed by atoms with Crippen molar-refractivity contribution in [1.82, 2.24) is 14.7 Å². The van der Waals surface area contributed by atoms with Crippen LogP contribution in [0.25, 0.3) is 10.9 Å². The number of fused-ring (bicyclic) bond motifs is 2. The molecule has 1 saturated heterocycles. The minimum absolute atomic E-state index is 0.0280. The zero-order chi connectivity index (χ0) is 21.6. The van der Waals surface area contributed by atoms with E-state index in [1.807, 2.05) is 53.0 Å². The second-order valence-corrected chi connectivity index (χ2v) is 9.03. The standard InChI is InChI=1S/C25H29N3O3/c1-17(2)30-23-15-25(31-22-7-5-4-6-20(22)23)10-12-28(13-11-25)24(29)18-8-9-21-19(14-18)16-26-27(21)3/h4-9,14,16-17,23H,10-13,15H2,1-3H3/t23-/m1/s1. The van der Waals surface area contributed by atoms with Gasteiger partial charge in [0, 0.05) is 55.9 Å². The molecule has 2 aromatic carbocycles. The lowest BCUT2D eigenvalue weighted by molar-refractivity contribution is -0.0872. The van der Waals surface area contributed by atoms with E-state index in [2.05, 4.69) is 25.0 Å². The molecule has 6 nitrogen and oxygen atoms in total. The largest absolute Gasteiger partial charge is 0.487 e. The molecule has 1 aromatic heterocycles. The molecule has 2 aliphatic rings. The third-order valence-corrected chi connectivity index (χ3v) is 6.54. The van der Waals surface area contributed by atoms with Crippen LogP contribution in [0.3, 0.4) is 0 Å². The Hall–Kier alpha value is -2.86. The van der Waals surface area contributed by atoms with Gasteiger partial charge in [-0.15, -0.1) is 0 Å². The lowest BCUT2D eigenvalue weighted by Gasteiger charge is -2.47. The predicted octanol–water partition coefficient (Wildman–Crippen LogP) is 4.50. The first-order chi connectivity index (χ1) is 14.9. The van der Waals surface area contributed by atoms with Crippen LogP contribution in [0.5, 0.6) is 5.75 Å². The molecule has 1 atom stereocenters. The number of aromatic nitrogens is 2. The average molecular weight is 420 g/mol. The Morgan fingerprint density at radius 2 is 1.97 bits per heavy atom. The van der Waals surface area contributed by atoms with Gasteiger partial charge in [0.2, 0.25) is 0 Å². The molecular weight excluding hydrogens is 390 g/mol. The first-order valence-electron chi connectivity index (χ1n) is 11.1. The maximum absolute atomic E-state index is 13.2. The average Bonchev–Trinajstić information content (AvgIpc) is 3.13. The lowest BCUT2D eigenvalue weighted by atomic mass is 9.81. The van der Waals surface area contributed by atoms with Gasteiger partial charge >= 0.3 is 0 Å². The van der Waals surface area contributed by atoms with Crippen LogP contribution in [0.2, 0.25) is 0 Å². The Morgan fingerprint density at radius 1 is 1.19 bits per heavy atom. The highest BCUT2D eigenvalue weighted by molar-refractivity contribution is 5.98. The van der Waals surface area contributed by atoms with Gasteiger partial charge in [0.05, 0.1) is 23.9 Å². The molecule has 0 aliphatic carbocycles. The molecule has 0 N–H and O–H groups in total. The maximum atomic E-state index is 13.2. The molecule has 0 bridgehead atoms. The van der Waals surface area contributed by atoms with E-state index in [0.29, 0.717) is 18.7 Å². The highest BCUT2D eigenvalue weighted by Crippen LogP contribution is 2.46. The van der Waals surface area contributed by atoms with Gasteiger partial charge in [0.15, 0.2) is 0 Å². The summed E-state index contributed by atoms with van der Waals surface area (Å²) in [5.41, 5.74) is 2.59. The SMILES string of the molecule is CC(C)O[C@@H]1CC2(CCN(C(=O)c3ccc4c(cnn4C)c3)CC2)Oc2ccccc21. The van der Waals surface area contributed by atoms with Gasteiger partial charge in [-0.3, -0.25) is 9.48 Å². The van der Waals surface area contributed by atoms with E-state index in [9.17, 15) is 4.79 Å². The summed E-state index contributed by atoms with van der Waals surface area (Å²) in [6.45, 7) is 5.51. The zero-order valence-electron chi connectivity index (χ0n) is 18.4. The number of piperidine rings is 1. The summed E-state index contributed by atoms with van der Waals surface area (Å²) in [4.78, 5) is 15.1. The fourth-order valence-electron chi connectivity index (χ4n) is 4.91. The Bertz CT molecular complexity index is 1110. The number of rotatable bonds is 3. The third kappa shape index (κ3) is 3.69. The molecule has 31 heavy (non-hydrogen) atoms. The summed E-state index contributed by atoms with van der Waals surface area (Å²) < 4.78 is 14.6. The summed E-state index contributed by atoms with van der Waals surface area (Å²) in [5, 5.41) is 5.26.